The molecule has 3 rings (SSSR count). The Labute approximate surface area is 119 Å². The lowest BCUT2D eigenvalue weighted by Crippen LogP contribution is -2.43. The van der Waals surface area contributed by atoms with Crippen LogP contribution in [-0.2, 0) is 17.9 Å². The highest BCUT2D eigenvalue weighted by atomic mass is 16.6. The van der Waals surface area contributed by atoms with Gasteiger partial charge in [-0.15, -0.1) is 0 Å². The van der Waals surface area contributed by atoms with Crippen molar-refractivity contribution >= 4 is 11.6 Å². The fraction of sp³-hybridized carbons (Fsp3) is 0.231. The zero-order chi connectivity index (χ0) is 14.8. The van der Waals surface area contributed by atoms with Gasteiger partial charge in [0.05, 0.1) is 17.5 Å². The SMILES string of the molecule is Cc1ccn2cc(CNC(=O)C[n+]3cc([O-])on3)nc2c1. The first-order valence-electron chi connectivity index (χ1n) is 6.34. The maximum absolute atomic E-state index is 11.7. The molecule has 8 nitrogen and oxygen atoms in total. The Morgan fingerprint density at radius 1 is 1.57 bits per heavy atom. The highest BCUT2D eigenvalue weighted by molar-refractivity contribution is 5.74. The maximum Gasteiger partial charge on any atom is 0.288 e. The number of hydrogen-bond donors (Lipinski definition) is 1. The van der Waals surface area contributed by atoms with Crippen molar-refractivity contribution in [3.63, 3.8) is 0 Å². The van der Waals surface area contributed by atoms with Crippen LogP contribution in [0.15, 0.2) is 35.2 Å². The van der Waals surface area contributed by atoms with Gasteiger partial charge in [-0.25, -0.2) is 4.98 Å². The Hall–Kier alpha value is -2.90. The highest BCUT2D eigenvalue weighted by Crippen LogP contribution is 2.07. The van der Waals surface area contributed by atoms with E-state index in [2.05, 4.69) is 20.1 Å². The summed E-state index contributed by atoms with van der Waals surface area (Å²) in [6, 6.07) is 3.95. The quantitative estimate of drug-likeness (QED) is 0.640. The number of fused-ring (bicyclic) bond motifs is 1. The summed E-state index contributed by atoms with van der Waals surface area (Å²) in [5.74, 6) is -0.861. The zero-order valence-electron chi connectivity index (χ0n) is 11.3. The lowest BCUT2D eigenvalue weighted by molar-refractivity contribution is -0.751. The molecule has 0 aliphatic carbocycles. The number of nitrogens with one attached hydrogen (secondary N) is 1. The minimum absolute atomic E-state index is 0.0712. The lowest BCUT2D eigenvalue weighted by Gasteiger charge is -1.97. The molecule has 0 spiro atoms. The summed E-state index contributed by atoms with van der Waals surface area (Å²) in [6.07, 6.45) is 4.89. The topological polar surface area (TPSA) is 99.4 Å². The second-order valence-electron chi connectivity index (χ2n) is 4.70. The van der Waals surface area contributed by atoms with Crippen LogP contribution in [0.2, 0.25) is 0 Å². The first kappa shape index (κ1) is 13.1. The van der Waals surface area contributed by atoms with Gasteiger partial charge in [-0.1, -0.05) is 4.68 Å². The van der Waals surface area contributed by atoms with Crippen LogP contribution in [0.4, 0.5) is 0 Å². The van der Waals surface area contributed by atoms with E-state index in [1.165, 1.54) is 0 Å². The van der Waals surface area contributed by atoms with E-state index >= 15 is 0 Å². The maximum atomic E-state index is 11.7. The van der Waals surface area contributed by atoms with Gasteiger partial charge >= 0.3 is 0 Å². The molecule has 0 radical (unpaired) electrons. The number of aryl methyl sites for hydroxylation is 1. The van der Waals surface area contributed by atoms with E-state index < -0.39 is 5.95 Å². The molecule has 0 atom stereocenters. The number of carbonyl (C=O) groups is 1. The second kappa shape index (κ2) is 5.23. The molecule has 0 aromatic carbocycles. The Kier molecular flexibility index (Phi) is 3.27. The summed E-state index contributed by atoms with van der Waals surface area (Å²) in [5, 5.41) is 16.9. The van der Waals surface area contributed by atoms with E-state index in [1.54, 1.807) is 0 Å². The lowest BCUT2D eigenvalue weighted by atomic mass is 10.3. The molecule has 1 N–H and O–H groups in total. The molecule has 0 unspecified atom stereocenters. The van der Waals surface area contributed by atoms with Crippen LogP contribution in [0.25, 0.3) is 5.65 Å². The smallest absolute Gasteiger partial charge is 0.288 e. The molecule has 3 aromatic rings. The summed E-state index contributed by atoms with van der Waals surface area (Å²) in [5.41, 5.74) is 2.71. The van der Waals surface area contributed by atoms with Gasteiger partial charge in [-0.3, -0.25) is 4.79 Å². The fourth-order valence-corrected chi connectivity index (χ4v) is 1.95. The third-order valence-corrected chi connectivity index (χ3v) is 2.93. The van der Waals surface area contributed by atoms with Crippen LogP contribution in [0.3, 0.4) is 0 Å². The number of amides is 1. The van der Waals surface area contributed by atoms with E-state index in [4.69, 9.17) is 0 Å². The van der Waals surface area contributed by atoms with E-state index in [-0.39, 0.29) is 12.5 Å². The molecule has 108 valence electrons. The molecule has 0 saturated heterocycles. The van der Waals surface area contributed by atoms with Crippen LogP contribution in [-0.4, -0.2) is 20.6 Å². The van der Waals surface area contributed by atoms with Crippen molar-refractivity contribution in [3.8, 4) is 5.95 Å². The van der Waals surface area contributed by atoms with Crippen LogP contribution < -0.4 is 15.1 Å². The first-order chi connectivity index (χ1) is 10.1. The molecule has 0 saturated carbocycles. The monoisotopic (exact) mass is 287 g/mol. The van der Waals surface area contributed by atoms with Crippen molar-refractivity contribution in [2.24, 2.45) is 0 Å². The predicted octanol–water partition coefficient (Wildman–Crippen LogP) is -0.692. The molecule has 0 aliphatic rings. The van der Waals surface area contributed by atoms with Crippen LogP contribution in [0, 0.1) is 6.92 Å². The minimum atomic E-state index is -0.585. The average molecular weight is 287 g/mol. The van der Waals surface area contributed by atoms with Crippen molar-refractivity contribution in [1.82, 2.24) is 20.0 Å². The van der Waals surface area contributed by atoms with E-state index in [0.29, 0.717) is 6.54 Å². The van der Waals surface area contributed by atoms with E-state index in [1.807, 2.05) is 35.9 Å². The summed E-state index contributed by atoms with van der Waals surface area (Å²) < 4.78 is 7.38. The average Bonchev–Trinajstić information content (AvgIpc) is 3.02. The van der Waals surface area contributed by atoms with Gasteiger partial charge in [-0.2, -0.15) is 0 Å². The number of imidazole rings is 1. The zero-order valence-corrected chi connectivity index (χ0v) is 11.3. The Morgan fingerprint density at radius 2 is 2.43 bits per heavy atom. The summed E-state index contributed by atoms with van der Waals surface area (Å²) in [7, 11) is 0. The van der Waals surface area contributed by atoms with Gasteiger partial charge in [0, 0.05) is 12.4 Å². The predicted molar refractivity (Wildman–Crippen MR) is 67.9 cm³/mol. The number of rotatable bonds is 4. The Morgan fingerprint density at radius 3 is 3.19 bits per heavy atom. The van der Waals surface area contributed by atoms with Gasteiger partial charge in [0.15, 0.2) is 0 Å². The Bertz CT molecular complexity index is 792. The Balaban J connectivity index is 1.61. The molecule has 3 aromatic heterocycles. The van der Waals surface area contributed by atoms with Crippen molar-refractivity contribution in [2.45, 2.75) is 20.0 Å². The number of aromatic nitrogens is 4. The van der Waals surface area contributed by atoms with E-state index in [0.717, 1.165) is 27.8 Å². The standard InChI is InChI=1S/C13H13N5O3/c1-9-2-3-17-6-10(15-11(17)4-9)5-14-12(19)7-18-8-13(20)21-16-18/h2-4,6,8H,5,7H2,1H3,(H-,14,16,19,20). The third kappa shape index (κ3) is 2.99. The molecule has 0 aliphatic heterocycles. The van der Waals surface area contributed by atoms with Crippen LogP contribution in [0.1, 0.15) is 11.3 Å². The molecule has 0 bridgehead atoms. The molecule has 8 heteroatoms. The molecule has 1 amide bonds. The van der Waals surface area contributed by atoms with Crippen molar-refractivity contribution in [1.29, 1.82) is 0 Å². The first-order valence-corrected chi connectivity index (χ1v) is 6.34. The summed E-state index contributed by atoms with van der Waals surface area (Å²) in [6.45, 7) is 2.23. The van der Waals surface area contributed by atoms with Crippen LogP contribution >= 0.6 is 0 Å². The second-order valence-corrected chi connectivity index (χ2v) is 4.70. The van der Waals surface area contributed by atoms with Crippen molar-refractivity contribution in [2.75, 3.05) is 0 Å². The largest absolute Gasteiger partial charge is 0.539 e. The van der Waals surface area contributed by atoms with Gasteiger partial charge < -0.3 is 19.3 Å². The normalized spacial score (nSPS) is 10.9. The molecule has 0 fully saturated rings. The van der Waals surface area contributed by atoms with Gasteiger partial charge in [0.2, 0.25) is 6.20 Å². The molecule has 21 heavy (non-hydrogen) atoms. The summed E-state index contributed by atoms with van der Waals surface area (Å²) in [4.78, 5) is 16.1. The van der Waals surface area contributed by atoms with Crippen molar-refractivity contribution in [3.05, 3.63) is 42.0 Å². The molecular formula is C13H13N5O3. The van der Waals surface area contributed by atoms with Crippen molar-refractivity contribution < 1.29 is 19.1 Å². The molecular weight excluding hydrogens is 274 g/mol. The summed E-state index contributed by atoms with van der Waals surface area (Å²) >= 11 is 0. The van der Waals surface area contributed by atoms with Gasteiger partial charge in [0.25, 0.3) is 12.5 Å². The van der Waals surface area contributed by atoms with Gasteiger partial charge in [-0.05, 0) is 24.6 Å². The van der Waals surface area contributed by atoms with Gasteiger partial charge in [0.1, 0.15) is 11.6 Å². The molecule has 3 heterocycles. The minimum Gasteiger partial charge on any atom is -0.539 e. The number of nitrogens with zero attached hydrogens (tertiary/aromatic N) is 4. The van der Waals surface area contributed by atoms with Crippen LogP contribution in [0.5, 0.6) is 5.95 Å². The number of hydrogen-bond acceptors (Lipinski definition) is 5. The van der Waals surface area contributed by atoms with E-state index in [9.17, 15) is 9.90 Å². The fourth-order valence-electron chi connectivity index (χ4n) is 1.95. The third-order valence-electron chi connectivity index (χ3n) is 2.93. The number of carbonyl (C=O) groups excluding carboxylic acids is 1. The highest BCUT2D eigenvalue weighted by Gasteiger charge is 2.12. The number of pyridine rings is 1.